The molecule has 1 saturated heterocycles. The van der Waals surface area contributed by atoms with Gasteiger partial charge in [-0.1, -0.05) is 18.5 Å². The van der Waals surface area contributed by atoms with Crippen LogP contribution in [0.3, 0.4) is 0 Å². The minimum absolute atomic E-state index is 0.0264. The van der Waals surface area contributed by atoms with Crippen LogP contribution >= 0.6 is 11.6 Å². The molecule has 116 valence electrons. The summed E-state index contributed by atoms with van der Waals surface area (Å²) in [4.78, 5) is 14.1. The number of likely N-dealkylation sites (tertiary alicyclic amines) is 1. The van der Waals surface area contributed by atoms with Crippen molar-refractivity contribution in [2.24, 2.45) is 11.1 Å². The molecule has 0 bridgehead atoms. The third-order valence-corrected chi connectivity index (χ3v) is 5.18. The summed E-state index contributed by atoms with van der Waals surface area (Å²) in [5.41, 5.74) is 0.304. The Morgan fingerprint density at radius 1 is 1.33 bits per heavy atom. The number of hydrogen-bond acceptors (Lipinski definition) is 3. The molecule has 1 heterocycles. The summed E-state index contributed by atoms with van der Waals surface area (Å²) in [7, 11) is -3.94. The van der Waals surface area contributed by atoms with Gasteiger partial charge in [-0.05, 0) is 43.4 Å². The number of sulfonamides is 1. The lowest BCUT2D eigenvalue weighted by Gasteiger charge is -2.21. The highest BCUT2D eigenvalue weighted by Crippen LogP contribution is 2.23. The highest BCUT2D eigenvalue weighted by Gasteiger charge is 2.22. The Labute approximate surface area is 130 Å². The molecule has 2 N–H and O–H groups in total. The molecule has 0 saturated carbocycles. The van der Waals surface area contributed by atoms with Gasteiger partial charge >= 0.3 is 0 Å². The zero-order chi connectivity index (χ0) is 15.6. The fourth-order valence-corrected chi connectivity index (χ4v) is 3.57. The first-order chi connectivity index (χ1) is 9.79. The van der Waals surface area contributed by atoms with Gasteiger partial charge in [-0.2, -0.15) is 0 Å². The van der Waals surface area contributed by atoms with Gasteiger partial charge in [-0.15, -0.1) is 0 Å². The molecule has 0 aromatic heterocycles. The molecule has 0 aliphatic carbocycles. The van der Waals surface area contributed by atoms with Crippen LogP contribution in [0.5, 0.6) is 0 Å². The maximum absolute atomic E-state index is 12.5. The smallest absolute Gasteiger partial charge is 0.253 e. The van der Waals surface area contributed by atoms with Crippen molar-refractivity contribution in [3.8, 4) is 0 Å². The van der Waals surface area contributed by atoms with E-state index in [-0.39, 0.29) is 15.8 Å². The molecule has 1 unspecified atom stereocenters. The summed E-state index contributed by atoms with van der Waals surface area (Å²) in [5, 5.41) is 5.14. The third-order valence-electron chi connectivity index (χ3n) is 3.79. The SMILES string of the molecule is CC1CCCN(C(=O)c2ccc(Cl)c(S(N)(=O)=O)c2)CC1. The summed E-state index contributed by atoms with van der Waals surface area (Å²) in [6.45, 7) is 3.55. The van der Waals surface area contributed by atoms with Crippen LogP contribution in [-0.4, -0.2) is 32.3 Å². The van der Waals surface area contributed by atoms with Crippen molar-refractivity contribution >= 4 is 27.5 Å². The van der Waals surface area contributed by atoms with Crippen LogP contribution in [-0.2, 0) is 10.0 Å². The fraction of sp³-hybridized carbons (Fsp3) is 0.500. The van der Waals surface area contributed by atoms with Gasteiger partial charge in [-0.25, -0.2) is 13.6 Å². The second-order valence-corrected chi connectivity index (χ2v) is 7.46. The average Bonchev–Trinajstić information content (AvgIpc) is 2.62. The maximum atomic E-state index is 12.5. The molecule has 1 aromatic carbocycles. The number of nitrogens with two attached hydrogens (primary N) is 1. The normalized spacial score (nSPS) is 20.1. The van der Waals surface area contributed by atoms with E-state index < -0.39 is 10.0 Å². The molecule has 0 radical (unpaired) electrons. The lowest BCUT2D eigenvalue weighted by Crippen LogP contribution is -2.32. The second-order valence-electron chi connectivity index (χ2n) is 5.52. The summed E-state index contributed by atoms with van der Waals surface area (Å²) in [6.07, 6.45) is 3.02. The van der Waals surface area contributed by atoms with Crippen LogP contribution in [0.4, 0.5) is 0 Å². The van der Waals surface area contributed by atoms with Gasteiger partial charge in [0.2, 0.25) is 10.0 Å². The lowest BCUT2D eigenvalue weighted by molar-refractivity contribution is 0.0760. The highest BCUT2D eigenvalue weighted by molar-refractivity contribution is 7.89. The predicted octanol–water partition coefficient (Wildman–Crippen LogP) is 2.25. The molecule has 1 aliphatic heterocycles. The number of nitrogens with zero attached hydrogens (tertiary/aromatic N) is 1. The quantitative estimate of drug-likeness (QED) is 0.903. The van der Waals surface area contributed by atoms with E-state index in [9.17, 15) is 13.2 Å². The van der Waals surface area contributed by atoms with Crippen molar-refractivity contribution in [3.05, 3.63) is 28.8 Å². The monoisotopic (exact) mass is 330 g/mol. The topological polar surface area (TPSA) is 80.5 Å². The van der Waals surface area contributed by atoms with Crippen LogP contribution in [0.15, 0.2) is 23.1 Å². The number of primary sulfonamides is 1. The fourth-order valence-electron chi connectivity index (χ4n) is 2.50. The Hall–Kier alpha value is -1.11. The largest absolute Gasteiger partial charge is 0.339 e. The first-order valence-electron chi connectivity index (χ1n) is 6.90. The molecule has 1 amide bonds. The predicted molar refractivity (Wildman–Crippen MR) is 81.7 cm³/mol. The third kappa shape index (κ3) is 3.96. The maximum Gasteiger partial charge on any atom is 0.253 e. The first kappa shape index (κ1) is 16.3. The zero-order valence-corrected chi connectivity index (χ0v) is 13.5. The summed E-state index contributed by atoms with van der Waals surface area (Å²) in [6, 6.07) is 4.19. The van der Waals surface area contributed by atoms with Gasteiger partial charge in [0.1, 0.15) is 4.90 Å². The molecule has 1 atom stereocenters. The Morgan fingerprint density at radius 2 is 2.05 bits per heavy atom. The molecule has 1 fully saturated rings. The minimum Gasteiger partial charge on any atom is -0.339 e. The summed E-state index contributed by atoms with van der Waals surface area (Å²) in [5.74, 6) is 0.429. The minimum atomic E-state index is -3.94. The molecule has 2 rings (SSSR count). The van der Waals surface area contributed by atoms with Crippen molar-refractivity contribution < 1.29 is 13.2 Å². The van der Waals surface area contributed by atoms with Gasteiger partial charge in [-0.3, -0.25) is 4.79 Å². The first-order valence-corrected chi connectivity index (χ1v) is 8.83. The van der Waals surface area contributed by atoms with Crippen molar-refractivity contribution in [3.63, 3.8) is 0 Å². The second kappa shape index (κ2) is 6.34. The number of halogens is 1. The van der Waals surface area contributed by atoms with E-state index in [4.69, 9.17) is 16.7 Å². The summed E-state index contributed by atoms with van der Waals surface area (Å²) < 4.78 is 22.9. The van der Waals surface area contributed by atoms with E-state index >= 15 is 0 Å². The van der Waals surface area contributed by atoms with Crippen molar-refractivity contribution in [1.82, 2.24) is 4.90 Å². The molecular formula is C14H19ClN2O3S. The molecule has 1 aromatic rings. The number of carbonyl (C=O) groups excluding carboxylic acids is 1. The average molecular weight is 331 g/mol. The van der Waals surface area contributed by atoms with Gasteiger partial charge in [0.15, 0.2) is 0 Å². The zero-order valence-electron chi connectivity index (χ0n) is 11.9. The van der Waals surface area contributed by atoms with Gasteiger partial charge in [0.05, 0.1) is 5.02 Å². The Kier molecular flexibility index (Phi) is 4.91. The van der Waals surface area contributed by atoms with E-state index in [1.807, 2.05) is 0 Å². The number of amides is 1. The molecule has 1 aliphatic rings. The number of rotatable bonds is 2. The van der Waals surface area contributed by atoms with E-state index in [0.29, 0.717) is 24.6 Å². The molecule has 0 spiro atoms. The number of carbonyl (C=O) groups is 1. The molecule has 21 heavy (non-hydrogen) atoms. The van der Waals surface area contributed by atoms with E-state index in [0.717, 1.165) is 19.3 Å². The van der Waals surface area contributed by atoms with E-state index in [2.05, 4.69) is 6.92 Å². The van der Waals surface area contributed by atoms with Gasteiger partial charge in [0.25, 0.3) is 5.91 Å². The van der Waals surface area contributed by atoms with Crippen LogP contribution < -0.4 is 5.14 Å². The van der Waals surface area contributed by atoms with E-state index in [1.165, 1.54) is 18.2 Å². The Morgan fingerprint density at radius 3 is 2.71 bits per heavy atom. The van der Waals surface area contributed by atoms with Crippen LogP contribution in [0.1, 0.15) is 36.5 Å². The molecule has 5 nitrogen and oxygen atoms in total. The Bertz CT molecular complexity index is 646. The molecule has 7 heteroatoms. The lowest BCUT2D eigenvalue weighted by atomic mass is 10.0. The molecular weight excluding hydrogens is 312 g/mol. The van der Waals surface area contributed by atoms with Gasteiger partial charge in [0, 0.05) is 18.7 Å². The van der Waals surface area contributed by atoms with Crippen LogP contribution in [0, 0.1) is 5.92 Å². The Balaban J connectivity index is 2.27. The van der Waals surface area contributed by atoms with Crippen LogP contribution in [0.2, 0.25) is 5.02 Å². The standard InChI is InChI=1S/C14H19ClN2O3S/c1-10-3-2-7-17(8-6-10)14(18)11-4-5-12(15)13(9-11)21(16,19)20/h4-5,9-10H,2-3,6-8H2,1H3,(H2,16,19,20). The van der Waals surface area contributed by atoms with E-state index in [1.54, 1.807) is 4.90 Å². The number of hydrogen-bond donors (Lipinski definition) is 1. The van der Waals surface area contributed by atoms with Crippen molar-refractivity contribution in [2.45, 2.75) is 31.1 Å². The van der Waals surface area contributed by atoms with Crippen molar-refractivity contribution in [2.75, 3.05) is 13.1 Å². The number of benzene rings is 1. The van der Waals surface area contributed by atoms with Crippen molar-refractivity contribution in [1.29, 1.82) is 0 Å². The van der Waals surface area contributed by atoms with Gasteiger partial charge < -0.3 is 4.90 Å². The summed E-state index contributed by atoms with van der Waals surface area (Å²) >= 11 is 5.83. The van der Waals surface area contributed by atoms with Crippen LogP contribution in [0.25, 0.3) is 0 Å². The highest BCUT2D eigenvalue weighted by atomic mass is 35.5.